The van der Waals surface area contributed by atoms with Crippen molar-refractivity contribution < 1.29 is 13.9 Å². The molecule has 7 heteroatoms. The Morgan fingerprint density at radius 2 is 1.79 bits per heavy atom. The highest BCUT2D eigenvalue weighted by atomic mass is 35.5. The number of alkyl halides is 1. The molecule has 2 aromatic rings. The van der Waals surface area contributed by atoms with Gasteiger partial charge in [0.1, 0.15) is 11.6 Å². The van der Waals surface area contributed by atoms with Crippen molar-refractivity contribution >= 4 is 29.1 Å². The summed E-state index contributed by atoms with van der Waals surface area (Å²) in [6, 6.07) is 11.8. The minimum Gasteiger partial charge on any atom is -0.483 e. The zero-order valence-electron chi connectivity index (χ0n) is 15.5. The van der Waals surface area contributed by atoms with Crippen LogP contribution >= 0.6 is 23.2 Å². The third-order valence-electron chi connectivity index (χ3n) is 4.87. The van der Waals surface area contributed by atoms with Gasteiger partial charge < -0.3 is 9.64 Å². The van der Waals surface area contributed by atoms with Crippen LogP contribution < -0.4 is 4.74 Å². The summed E-state index contributed by atoms with van der Waals surface area (Å²) in [6.45, 7) is 3.87. The van der Waals surface area contributed by atoms with E-state index in [2.05, 4.69) is 4.90 Å². The van der Waals surface area contributed by atoms with Crippen molar-refractivity contribution in [3.63, 3.8) is 0 Å². The second-order valence-electron chi connectivity index (χ2n) is 6.77. The highest BCUT2D eigenvalue weighted by Gasteiger charge is 2.21. The van der Waals surface area contributed by atoms with E-state index in [-0.39, 0.29) is 24.2 Å². The number of hydrogen-bond acceptors (Lipinski definition) is 3. The molecule has 4 nitrogen and oxygen atoms in total. The largest absolute Gasteiger partial charge is 0.483 e. The molecule has 1 amide bonds. The van der Waals surface area contributed by atoms with Crippen molar-refractivity contribution in [2.24, 2.45) is 0 Å². The molecule has 0 aromatic heterocycles. The zero-order chi connectivity index (χ0) is 19.9. The maximum absolute atomic E-state index is 13.0. The predicted molar refractivity (Wildman–Crippen MR) is 110 cm³/mol. The van der Waals surface area contributed by atoms with E-state index in [0.717, 1.165) is 37.2 Å². The van der Waals surface area contributed by atoms with Crippen molar-refractivity contribution in [1.29, 1.82) is 0 Å². The zero-order valence-corrected chi connectivity index (χ0v) is 17.1. The van der Waals surface area contributed by atoms with Gasteiger partial charge in [0.15, 0.2) is 6.61 Å². The van der Waals surface area contributed by atoms with Gasteiger partial charge in [0.25, 0.3) is 5.91 Å². The standard InChI is InChI=1S/C21H23Cl2FN2O2/c22-14-17-13-18(23)3-6-20(17)28-15-21(27)26-11-9-25(10-12-26)8-7-16-1-4-19(24)5-2-16/h1-6,13H,7-12,14-15H2. The first-order valence-corrected chi connectivity index (χ1v) is 10.2. The van der Waals surface area contributed by atoms with Crippen LogP contribution in [0.1, 0.15) is 11.1 Å². The van der Waals surface area contributed by atoms with Crippen LogP contribution in [0, 0.1) is 5.82 Å². The van der Waals surface area contributed by atoms with E-state index in [1.165, 1.54) is 12.1 Å². The number of benzene rings is 2. The van der Waals surface area contributed by atoms with Crippen LogP contribution in [0.5, 0.6) is 5.75 Å². The van der Waals surface area contributed by atoms with Crippen LogP contribution in [-0.2, 0) is 17.1 Å². The van der Waals surface area contributed by atoms with Gasteiger partial charge in [0, 0.05) is 43.3 Å². The van der Waals surface area contributed by atoms with Crippen molar-refractivity contribution in [3.05, 3.63) is 64.4 Å². The Balaban J connectivity index is 1.42. The lowest BCUT2D eigenvalue weighted by molar-refractivity contribution is -0.135. The first-order valence-electron chi connectivity index (χ1n) is 9.27. The molecule has 0 N–H and O–H groups in total. The lowest BCUT2D eigenvalue weighted by Gasteiger charge is -2.34. The molecule has 0 bridgehead atoms. The highest BCUT2D eigenvalue weighted by Crippen LogP contribution is 2.24. The van der Waals surface area contributed by atoms with Gasteiger partial charge in [0.05, 0.1) is 5.88 Å². The normalized spacial score (nSPS) is 14.9. The second kappa shape index (κ2) is 10.1. The summed E-state index contributed by atoms with van der Waals surface area (Å²) in [6.07, 6.45) is 0.870. The van der Waals surface area contributed by atoms with Gasteiger partial charge in [-0.25, -0.2) is 4.39 Å². The molecule has 1 fully saturated rings. The summed E-state index contributed by atoms with van der Waals surface area (Å²) in [5, 5.41) is 0.589. The van der Waals surface area contributed by atoms with Crippen molar-refractivity contribution in [1.82, 2.24) is 9.80 Å². The van der Waals surface area contributed by atoms with Crippen LogP contribution in [0.3, 0.4) is 0 Å². The van der Waals surface area contributed by atoms with Gasteiger partial charge >= 0.3 is 0 Å². The quantitative estimate of drug-likeness (QED) is 0.630. The summed E-state index contributed by atoms with van der Waals surface area (Å²) < 4.78 is 18.6. The van der Waals surface area contributed by atoms with Crippen LogP contribution in [0.4, 0.5) is 4.39 Å². The third kappa shape index (κ3) is 5.84. The van der Waals surface area contributed by atoms with Gasteiger partial charge in [0.2, 0.25) is 0 Å². The van der Waals surface area contributed by atoms with E-state index in [1.807, 2.05) is 17.0 Å². The first kappa shape index (κ1) is 20.9. The fourth-order valence-corrected chi connectivity index (χ4v) is 3.59. The number of hydrogen-bond donors (Lipinski definition) is 0. The average molecular weight is 425 g/mol. The first-order chi connectivity index (χ1) is 13.5. The smallest absolute Gasteiger partial charge is 0.260 e. The molecule has 1 saturated heterocycles. The molecule has 0 radical (unpaired) electrons. The minimum atomic E-state index is -0.213. The molecule has 1 aliphatic rings. The number of piperazine rings is 1. The fraction of sp³-hybridized carbons (Fsp3) is 0.381. The Bertz CT molecular complexity index is 793. The number of ether oxygens (including phenoxy) is 1. The number of carbonyl (C=O) groups is 1. The Morgan fingerprint density at radius 1 is 1.07 bits per heavy atom. The van der Waals surface area contributed by atoms with Gasteiger partial charge in [-0.2, -0.15) is 0 Å². The van der Waals surface area contributed by atoms with Gasteiger partial charge in [-0.05, 0) is 42.3 Å². The van der Waals surface area contributed by atoms with E-state index >= 15 is 0 Å². The lowest BCUT2D eigenvalue weighted by atomic mass is 10.1. The number of carbonyl (C=O) groups excluding carboxylic acids is 1. The van der Waals surface area contributed by atoms with Crippen LogP contribution in [0.2, 0.25) is 5.02 Å². The topological polar surface area (TPSA) is 32.8 Å². The summed E-state index contributed by atoms with van der Waals surface area (Å²) >= 11 is 11.9. The fourth-order valence-electron chi connectivity index (χ4n) is 3.18. The van der Waals surface area contributed by atoms with E-state index in [0.29, 0.717) is 23.9 Å². The van der Waals surface area contributed by atoms with Gasteiger partial charge in [-0.3, -0.25) is 9.69 Å². The number of nitrogens with zero attached hydrogens (tertiary/aromatic N) is 2. The SMILES string of the molecule is O=C(COc1ccc(Cl)cc1CCl)N1CCN(CCc2ccc(F)cc2)CC1. The Morgan fingerprint density at radius 3 is 2.46 bits per heavy atom. The molecule has 1 aliphatic heterocycles. The molecule has 3 rings (SSSR count). The summed E-state index contributed by atoms with van der Waals surface area (Å²) in [5.74, 6) is 0.616. The van der Waals surface area contributed by atoms with Crippen LogP contribution in [0.15, 0.2) is 42.5 Å². The van der Waals surface area contributed by atoms with Gasteiger partial charge in [-0.15, -0.1) is 11.6 Å². The van der Waals surface area contributed by atoms with E-state index in [4.69, 9.17) is 27.9 Å². The second-order valence-corrected chi connectivity index (χ2v) is 7.48. The van der Waals surface area contributed by atoms with Crippen LogP contribution in [0.25, 0.3) is 0 Å². The van der Waals surface area contributed by atoms with Gasteiger partial charge in [-0.1, -0.05) is 23.7 Å². The molecule has 2 aromatic carbocycles. The molecule has 1 heterocycles. The summed E-state index contributed by atoms with van der Waals surface area (Å²) in [4.78, 5) is 16.6. The Hall–Kier alpha value is -1.82. The lowest BCUT2D eigenvalue weighted by Crippen LogP contribution is -2.50. The van der Waals surface area contributed by atoms with Crippen LogP contribution in [-0.4, -0.2) is 55.0 Å². The van der Waals surface area contributed by atoms with Crippen molar-refractivity contribution in [3.8, 4) is 5.75 Å². The van der Waals surface area contributed by atoms with Crippen molar-refractivity contribution in [2.75, 3.05) is 39.3 Å². The molecular formula is C21H23Cl2FN2O2. The Labute approximate surface area is 174 Å². The summed E-state index contributed by atoms with van der Waals surface area (Å²) in [5.41, 5.74) is 1.89. The monoisotopic (exact) mass is 424 g/mol. The summed E-state index contributed by atoms with van der Waals surface area (Å²) in [7, 11) is 0. The Kier molecular flexibility index (Phi) is 7.54. The van der Waals surface area contributed by atoms with E-state index < -0.39 is 0 Å². The molecule has 0 saturated carbocycles. The highest BCUT2D eigenvalue weighted by molar-refractivity contribution is 6.30. The molecule has 150 valence electrons. The molecule has 0 atom stereocenters. The molecular weight excluding hydrogens is 402 g/mol. The maximum atomic E-state index is 13.0. The number of rotatable bonds is 7. The van der Waals surface area contributed by atoms with Crippen molar-refractivity contribution in [2.45, 2.75) is 12.3 Å². The molecule has 28 heavy (non-hydrogen) atoms. The van der Waals surface area contributed by atoms with E-state index in [1.54, 1.807) is 18.2 Å². The minimum absolute atomic E-state index is 0.0128. The average Bonchev–Trinajstić information content (AvgIpc) is 2.72. The third-order valence-corrected chi connectivity index (χ3v) is 5.40. The molecule has 0 aliphatic carbocycles. The number of amides is 1. The van der Waals surface area contributed by atoms with E-state index in [9.17, 15) is 9.18 Å². The predicted octanol–water partition coefficient (Wildman–Crippen LogP) is 3.98. The molecule has 0 spiro atoms. The maximum Gasteiger partial charge on any atom is 0.260 e. The molecule has 0 unspecified atom stereocenters. The number of halogens is 3.